The van der Waals surface area contributed by atoms with Crippen molar-refractivity contribution in [3.8, 4) is 0 Å². The molecule has 4 heteroatoms. The largest absolute Gasteiger partial charge is 0.322 e. The van der Waals surface area contributed by atoms with Crippen LogP contribution in [0.4, 0.5) is 11.4 Å². The number of anilines is 2. The van der Waals surface area contributed by atoms with Crippen molar-refractivity contribution >= 4 is 23.2 Å². The lowest BCUT2D eigenvalue weighted by Gasteiger charge is -2.09. The van der Waals surface area contributed by atoms with E-state index in [2.05, 4.69) is 10.6 Å². The second kappa shape index (κ2) is 7.66. The van der Waals surface area contributed by atoms with Gasteiger partial charge < -0.3 is 10.6 Å². The fourth-order valence-corrected chi connectivity index (χ4v) is 2.52. The fourth-order valence-electron chi connectivity index (χ4n) is 2.52. The standard InChI is InChI=1S/C22H20N2O2/c1-15-7-13-19(14-8-15)23-21(25)17-9-11-18(12-10-17)22(26)24-20-6-4-3-5-16(20)2/h3-14H,1-2H3,(H,23,25)(H,24,26). The fraction of sp³-hybridized carbons (Fsp3) is 0.0909. The van der Waals surface area contributed by atoms with Crippen molar-refractivity contribution in [2.75, 3.05) is 10.6 Å². The molecule has 3 aromatic carbocycles. The van der Waals surface area contributed by atoms with Gasteiger partial charge in [0.2, 0.25) is 0 Å². The van der Waals surface area contributed by atoms with Gasteiger partial charge in [0, 0.05) is 22.5 Å². The summed E-state index contributed by atoms with van der Waals surface area (Å²) in [5, 5.41) is 5.72. The van der Waals surface area contributed by atoms with Crippen molar-refractivity contribution < 1.29 is 9.59 Å². The predicted octanol–water partition coefficient (Wildman–Crippen LogP) is 4.81. The summed E-state index contributed by atoms with van der Waals surface area (Å²) in [6.45, 7) is 3.93. The van der Waals surface area contributed by atoms with E-state index in [9.17, 15) is 9.59 Å². The van der Waals surface area contributed by atoms with E-state index >= 15 is 0 Å². The zero-order chi connectivity index (χ0) is 18.5. The Morgan fingerprint density at radius 3 is 1.77 bits per heavy atom. The molecule has 0 saturated heterocycles. The van der Waals surface area contributed by atoms with Gasteiger partial charge in [-0.25, -0.2) is 0 Å². The van der Waals surface area contributed by atoms with E-state index in [1.807, 2.05) is 62.4 Å². The SMILES string of the molecule is Cc1ccc(NC(=O)c2ccc(C(=O)Nc3ccccc3C)cc2)cc1. The second-order valence-corrected chi connectivity index (χ2v) is 6.17. The second-order valence-electron chi connectivity index (χ2n) is 6.17. The molecule has 2 N–H and O–H groups in total. The molecule has 0 unspecified atom stereocenters. The van der Waals surface area contributed by atoms with Crippen molar-refractivity contribution in [3.05, 3.63) is 95.1 Å². The minimum atomic E-state index is -0.209. The molecule has 0 atom stereocenters. The summed E-state index contributed by atoms with van der Waals surface area (Å²) in [7, 11) is 0. The Balaban J connectivity index is 1.67. The number of nitrogens with one attached hydrogen (secondary N) is 2. The van der Waals surface area contributed by atoms with Gasteiger partial charge in [0.15, 0.2) is 0 Å². The molecule has 26 heavy (non-hydrogen) atoms. The number of carbonyl (C=O) groups is 2. The van der Waals surface area contributed by atoms with Crippen LogP contribution in [0.15, 0.2) is 72.8 Å². The van der Waals surface area contributed by atoms with Crippen molar-refractivity contribution in [2.45, 2.75) is 13.8 Å². The first-order valence-electron chi connectivity index (χ1n) is 8.38. The molecule has 0 spiro atoms. The van der Waals surface area contributed by atoms with Gasteiger partial charge in [-0.2, -0.15) is 0 Å². The van der Waals surface area contributed by atoms with Crippen LogP contribution >= 0.6 is 0 Å². The van der Waals surface area contributed by atoms with Gasteiger partial charge in [0.05, 0.1) is 0 Å². The molecule has 0 aliphatic heterocycles. The predicted molar refractivity (Wildman–Crippen MR) is 105 cm³/mol. The van der Waals surface area contributed by atoms with Crippen LogP contribution in [0.5, 0.6) is 0 Å². The summed E-state index contributed by atoms with van der Waals surface area (Å²) >= 11 is 0. The van der Waals surface area contributed by atoms with Gasteiger partial charge in [-0.05, 0) is 61.9 Å². The minimum absolute atomic E-state index is 0.204. The highest BCUT2D eigenvalue weighted by molar-refractivity contribution is 6.07. The Morgan fingerprint density at radius 1 is 0.654 bits per heavy atom. The van der Waals surface area contributed by atoms with Crippen molar-refractivity contribution in [2.24, 2.45) is 0 Å². The molecule has 0 saturated carbocycles. The van der Waals surface area contributed by atoms with E-state index in [0.29, 0.717) is 11.1 Å². The van der Waals surface area contributed by atoms with Crippen LogP contribution in [-0.2, 0) is 0 Å². The van der Waals surface area contributed by atoms with Crippen LogP contribution in [0.25, 0.3) is 0 Å². The van der Waals surface area contributed by atoms with Crippen LogP contribution in [0.1, 0.15) is 31.8 Å². The zero-order valence-corrected chi connectivity index (χ0v) is 14.7. The number of aryl methyl sites for hydroxylation is 2. The molecular formula is C22H20N2O2. The molecule has 0 fully saturated rings. The summed E-state index contributed by atoms with van der Waals surface area (Å²) in [5.41, 5.74) is 4.64. The summed E-state index contributed by atoms with van der Waals surface area (Å²) in [6.07, 6.45) is 0. The Kier molecular flexibility index (Phi) is 5.13. The highest BCUT2D eigenvalue weighted by Gasteiger charge is 2.10. The molecule has 130 valence electrons. The Hall–Kier alpha value is -3.40. The van der Waals surface area contributed by atoms with Crippen LogP contribution < -0.4 is 10.6 Å². The molecule has 0 aliphatic carbocycles. The third-order valence-electron chi connectivity index (χ3n) is 4.11. The van der Waals surface area contributed by atoms with Crippen LogP contribution in [0.2, 0.25) is 0 Å². The van der Waals surface area contributed by atoms with Gasteiger partial charge in [-0.1, -0.05) is 35.9 Å². The number of carbonyl (C=O) groups excluding carboxylic acids is 2. The van der Waals surface area contributed by atoms with Gasteiger partial charge >= 0.3 is 0 Å². The molecule has 0 aliphatic rings. The first-order chi connectivity index (χ1) is 12.5. The lowest BCUT2D eigenvalue weighted by atomic mass is 10.1. The molecule has 0 aromatic heterocycles. The summed E-state index contributed by atoms with van der Waals surface area (Å²) in [4.78, 5) is 24.7. The monoisotopic (exact) mass is 344 g/mol. The van der Waals surface area contributed by atoms with Gasteiger partial charge in [-0.15, -0.1) is 0 Å². The average molecular weight is 344 g/mol. The van der Waals surface area contributed by atoms with Crippen LogP contribution in [0.3, 0.4) is 0 Å². The molecule has 0 bridgehead atoms. The smallest absolute Gasteiger partial charge is 0.255 e. The van der Waals surface area contributed by atoms with Crippen molar-refractivity contribution in [3.63, 3.8) is 0 Å². The van der Waals surface area contributed by atoms with E-state index in [0.717, 1.165) is 22.5 Å². The molecule has 3 aromatic rings. The lowest BCUT2D eigenvalue weighted by molar-refractivity contribution is 0.101. The number of hydrogen-bond acceptors (Lipinski definition) is 2. The summed E-state index contributed by atoms with van der Waals surface area (Å²) < 4.78 is 0. The topological polar surface area (TPSA) is 58.2 Å². The molecular weight excluding hydrogens is 324 g/mol. The number of rotatable bonds is 4. The molecule has 0 heterocycles. The number of hydrogen-bond donors (Lipinski definition) is 2. The maximum Gasteiger partial charge on any atom is 0.255 e. The highest BCUT2D eigenvalue weighted by atomic mass is 16.2. The van der Waals surface area contributed by atoms with Crippen LogP contribution in [0, 0.1) is 13.8 Å². The quantitative estimate of drug-likeness (QED) is 0.714. The Bertz CT molecular complexity index is 929. The van der Waals surface area contributed by atoms with Crippen molar-refractivity contribution in [1.82, 2.24) is 0 Å². The summed E-state index contributed by atoms with van der Waals surface area (Å²) in [6, 6.07) is 21.8. The van der Waals surface area contributed by atoms with E-state index < -0.39 is 0 Å². The van der Waals surface area contributed by atoms with E-state index in [4.69, 9.17) is 0 Å². The van der Waals surface area contributed by atoms with Gasteiger partial charge in [0.25, 0.3) is 11.8 Å². The third kappa shape index (κ3) is 4.16. The first-order valence-corrected chi connectivity index (χ1v) is 8.38. The van der Waals surface area contributed by atoms with Crippen LogP contribution in [-0.4, -0.2) is 11.8 Å². The number of benzene rings is 3. The molecule has 4 nitrogen and oxygen atoms in total. The number of amides is 2. The first kappa shape index (κ1) is 17.4. The van der Waals surface area contributed by atoms with E-state index in [-0.39, 0.29) is 11.8 Å². The molecule has 3 rings (SSSR count). The highest BCUT2D eigenvalue weighted by Crippen LogP contribution is 2.16. The third-order valence-corrected chi connectivity index (χ3v) is 4.11. The average Bonchev–Trinajstić information content (AvgIpc) is 2.65. The van der Waals surface area contributed by atoms with Gasteiger partial charge in [-0.3, -0.25) is 9.59 Å². The van der Waals surface area contributed by atoms with Gasteiger partial charge in [0.1, 0.15) is 0 Å². The normalized spacial score (nSPS) is 10.2. The van der Waals surface area contributed by atoms with E-state index in [1.54, 1.807) is 24.3 Å². The Labute approximate surface area is 152 Å². The Morgan fingerprint density at radius 2 is 1.19 bits per heavy atom. The molecule has 2 amide bonds. The van der Waals surface area contributed by atoms with E-state index in [1.165, 1.54) is 0 Å². The number of para-hydroxylation sites is 1. The maximum absolute atomic E-state index is 12.4. The zero-order valence-electron chi connectivity index (χ0n) is 14.7. The molecule has 0 radical (unpaired) electrons. The lowest BCUT2D eigenvalue weighted by Crippen LogP contribution is -2.14. The maximum atomic E-state index is 12.4. The van der Waals surface area contributed by atoms with Crippen molar-refractivity contribution in [1.29, 1.82) is 0 Å². The summed E-state index contributed by atoms with van der Waals surface area (Å²) in [5.74, 6) is -0.412. The minimum Gasteiger partial charge on any atom is -0.322 e.